The molecule has 1 N–H and O–H groups in total. The summed E-state index contributed by atoms with van der Waals surface area (Å²) in [6.45, 7) is 0.346. The predicted molar refractivity (Wildman–Crippen MR) is 118 cm³/mol. The molecule has 5 aromatic rings. The fraction of sp³-hybridized carbons (Fsp3) is 0.125. The van der Waals surface area contributed by atoms with E-state index in [0.29, 0.717) is 23.4 Å². The average molecular weight is 449 g/mol. The fourth-order valence-corrected chi connectivity index (χ4v) is 3.92. The smallest absolute Gasteiger partial charge is 0.348 e. The molecule has 0 radical (unpaired) electrons. The van der Waals surface area contributed by atoms with Crippen molar-refractivity contribution in [1.29, 1.82) is 0 Å². The van der Waals surface area contributed by atoms with Crippen molar-refractivity contribution in [1.82, 2.24) is 24.4 Å². The highest BCUT2D eigenvalue weighted by Crippen LogP contribution is 2.34. The molecule has 0 fully saturated rings. The molecule has 0 bridgehead atoms. The van der Waals surface area contributed by atoms with Crippen molar-refractivity contribution in [2.24, 2.45) is 7.05 Å². The first kappa shape index (κ1) is 20.7. The molecule has 3 heterocycles. The number of hydrogen-bond acceptors (Lipinski definition) is 3. The number of nitrogens with zero attached hydrogens (tertiary/aromatic N) is 4. The second-order valence-corrected chi connectivity index (χ2v) is 7.68. The second kappa shape index (κ2) is 7.77. The van der Waals surface area contributed by atoms with E-state index in [1.807, 2.05) is 17.7 Å². The maximum Gasteiger partial charge on any atom is 0.416 e. The Balaban J connectivity index is 1.55. The lowest BCUT2D eigenvalue weighted by Crippen LogP contribution is -2.22. The summed E-state index contributed by atoms with van der Waals surface area (Å²) in [7, 11) is 1.83. The number of nitrogens with one attached hydrogen (secondary N) is 1. The summed E-state index contributed by atoms with van der Waals surface area (Å²) in [6.07, 6.45) is 0.585. The van der Waals surface area contributed by atoms with Crippen molar-refractivity contribution >= 4 is 28.0 Å². The van der Waals surface area contributed by atoms with Crippen molar-refractivity contribution in [2.45, 2.75) is 12.7 Å². The van der Waals surface area contributed by atoms with Crippen molar-refractivity contribution in [3.63, 3.8) is 0 Å². The third kappa shape index (κ3) is 3.71. The number of alkyl halides is 3. The Morgan fingerprint density at radius 1 is 1.09 bits per heavy atom. The van der Waals surface area contributed by atoms with Crippen LogP contribution in [0.3, 0.4) is 0 Å². The van der Waals surface area contributed by atoms with Gasteiger partial charge in [-0.25, -0.2) is 4.98 Å². The van der Waals surface area contributed by atoms with Crippen LogP contribution >= 0.6 is 0 Å². The van der Waals surface area contributed by atoms with Gasteiger partial charge in [0.15, 0.2) is 5.65 Å². The molecule has 0 saturated heterocycles. The Hall–Kier alpha value is -4.14. The summed E-state index contributed by atoms with van der Waals surface area (Å²) >= 11 is 0. The van der Waals surface area contributed by atoms with E-state index in [2.05, 4.69) is 15.3 Å². The molecule has 2 aromatic carbocycles. The zero-order valence-electron chi connectivity index (χ0n) is 17.5. The Kier molecular flexibility index (Phi) is 4.88. The van der Waals surface area contributed by atoms with E-state index in [1.54, 1.807) is 47.6 Å². The molecule has 166 valence electrons. The minimum Gasteiger partial charge on any atom is -0.348 e. The second-order valence-electron chi connectivity index (χ2n) is 7.68. The summed E-state index contributed by atoms with van der Waals surface area (Å²) in [5.41, 5.74) is 3.32. The van der Waals surface area contributed by atoms with Gasteiger partial charge in [-0.3, -0.25) is 14.3 Å². The number of imidazole rings is 1. The highest BCUT2D eigenvalue weighted by atomic mass is 19.4. The van der Waals surface area contributed by atoms with Gasteiger partial charge in [0.25, 0.3) is 5.91 Å². The summed E-state index contributed by atoms with van der Waals surface area (Å²) in [6, 6.07) is 13.9. The molecule has 3 aromatic heterocycles. The number of hydrogen-bond donors (Lipinski definition) is 1. The van der Waals surface area contributed by atoms with E-state index >= 15 is 0 Å². The van der Waals surface area contributed by atoms with Crippen LogP contribution < -0.4 is 5.32 Å². The topological polar surface area (TPSA) is 64.7 Å². The molecule has 6 nitrogen and oxygen atoms in total. The van der Waals surface area contributed by atoms with Gasteiger partial charge >= 0.3 is 6.18 Å². The molecule has 0 aliphatic rings. The van der Waals surface area contributed by atoms with Crippen LogP contribution in [-0.4, -0.2) is 25.0 Å². The van der Waals surface area contributed by atoms with Crippen LogP contribution in [-0.2, 0) is 19.8 Å². The number of rotatable bonds is 4. The van der Waals surface area contributed by atoms with Crippen LogP contribution in [0, 0.1) is 0 Å². The lowest BCUT2D eigenvalue weighted by Gasteiger charge is -2.10. The van der Waals surface area contributed by atoms with Crippen LogP contribution in [0.1, 0.15) is 21.5 Å². The van der Waals surface area contributed by atoms with Crippen LogP contribution in [0.4, 0.5) is 13.2 Å². The standard InChI is InChI=1S/C24H18F3N5O/c1-31-14-30-22-21(31)19-11-16(23(33)29-13-15-3-2-10-28-12-15)4-9-20(19)32(22)18-7-5-17(6-8-18)24(25,26)27/h2-12,14H,13H2,1H3,(H,29,33). The van der Waals surface area contributed by atoms with Gasteiger partial charge in [-0.05, 0) is 54.1 Å². The third-order valence-electron chi connectivity index (χ3n) is 5.51. The Morgan fingerprint density at radius 3 is 2.58 bits per heavy atom. The van der Waals surface area contributed by atoms with Gasteiger partial charge in [0.2, 0.25) is 0 Å². The molecule has 0 atom stereocenters. The normalized spacial score (nSPS) is 11.9. The Bertz CT molecular complexity index is 1470. The lowest BCUT2D eigenvalue weighted by atomic mass is 10.1. The largest absolute Gasteiger partial charge is 0.416 e. The van der Waals surface area contributed by atoms with Gasteiger partial charge in [-0.15, -0.1) is 0 Å². The van der Waals surface area contributed by atoms with Crippen LogP contribution in [0.5, 0.6) is 0 Å². The van der Waals surface area contributed by atoms with Gasteiger partial charge in [0.05, 0.1) is 22.9 Å². The number of aryl methyl sites for hydroxylation is 1. The third-order valence-corrected chi connectivity index (χ3v) is 5.51. The minimum atomic E-state index is -4.41. The number of amides is 1. The van der Waals surface area contributed by atoms with E-state index in [4.69, 9.17) is 0 Å². The molecule has 0 aliphatic heterocycles. The van der Waals surface area contributed by atoms with Gasteiger partial charge in [-0.2, -0.15) is 13.2 Å². The fourth-order valence-electron chi connectivity index (χ4n) is 3.92. The zero-order valence-corrected chi connectivity index (χ0v) is 17.5. The summed E-state index contributed by atoms with van der Waals surface area (Å²) in [4.78, 5) is 21.3. The number of benzene rings is 2. The van der Waals surface area contributed by atoms with Gasteiger partial charge < -0.3 is 9.88 Å². The molecule has 33 heavy (non-hydrogen) atoms. The number of carbonyl (C=O) groups is 1. The summed E-state index contributed by atoms with van der Waals surface area (Å²) < 4.78 is 42.6. The molecule has 9 heteroatoms. The number of pyridine rings is 1. The molecule has 0 unspecified atom stereocenters. The minimum absolute atomic E-state index is 0.238. The molecule has 0 saturated carbocycles. The maximum atomic E-state index is 13.0. The average Bonchev–Trinajstić information content (AvgIpc) is 3.34. The Labute approximate surface area is 186 Å². The van der Waals surface area contributed by atoms with Gasteiger partial charge in [-0.1, -0.05) is 6.07 Å². The van der Waals surface area contributed by atoms with E-state index in [9.17, 15) is 18.0 Å². The maximum absolute atomic E-state index is 13.0. The van der Waals surface area contributed by atoms with Crippen LogP contribution in [0.15, 0.2) is 73.3 Å². The van der Waals surface area contributed by atoms with Gasteiger partial charge in [0.1, 0.15) is 0 Å². The van der Waals surface area contributed by atoms with Crippen LogP contribution in [0.25, 0.3) is 27.8 Å². The van der Waals surface area contributed by atoms with Crippen molar-refractivity contribution in [2.75, 3.05) is 0 Å². The quantitative estimate of drug-likeness (QED) is 0.426. The predicted octanol–water partition coefficient (Wildman–Crippen LogP) is 4.86. The van der Waals surface area contributed by atoms with Crippen molar-refractivity contribution in [3.8, 4) is 5.69 Å². The molecule has 0 spiro atoms. The highest BCUT2D eigenvalue weighted by Gasteiger charge is 2.30. The number of aromatic nitrogens is 4. The number of fused-ring (bicyclic) bond motifs is 3. The Morgan fingerprint density at radius 2 is 1.88 bits per heavy atom. The zero-order chi connectivity index (χ0) is 23.2. The molecule has 1 amide bonds. The van der Waals surface area contributed by atoms with E-state index < -0.39 is 11.7 Å². The number of carbonyl (C=O) groups excluding carboxylic acids is 1. The molecular formula is C24H18F3N5O. The number of halogens is 3. The SMILES string of the molecule is Cn1cnc2c1c1cc(C(=O)NCc3cccnc3)ccc1n2-c1ccc(C(F)(F)F)cc1. The van der Waals surface area contributed by atoms with E-state index in [0.717, 1.165) is 34.1 Å². The van der Waals surface area contributed by atoms with Crippen molar-refractivity contribution in [3.05, 3.63) is 90.0 Å². The molecular weight excluding hydrogens is 431 g/mol. The summed E-state index contributed by atoms with van der Waals surface area (Å²) in [5, 5.41) is 3.66. The lowest BCUT2D eigenvalue weighted by molar-refractivity contribution is -0.137. The summed E-state index contributed by atoms with van der Waals surface area (Å²) in [5.74, 6) is -0.238. The monoisotopic (exact) mass is 449 g/mol. The molecule has 5 rings (SSSR count). The van der Waals surface area contributed by atoms with E-state index in [1.165, 1.54) is 12.1 Å². The van der Waals surface area contributed by atoms with Crippen molar-refractivity contribution < 1.29 is 18.0 Å². The first-order valence-electron chi connectivity index (χ1n) is 10.1. The highest BCUT2D eigenvalue weighted by molar-refractivity contribution is 6.09. The van der Waals surface area contributed by atoms with Gasteiger partial charge in [0, 0.05) is 42.6 Å². The first-order valence-corrected chi connectivity index (χ1v) is 10.1. The van der Waals surface area contributed by atoms with E-state index in [-0.39, 0.29) is 5.91 Å². The first-order chi connectivity index (χ1) is 15.8. The molecule has 0 aliphatic carbocycles. The van der Waals surface area contributed by atoms with Crippen LogP contribution in [0.2, 0.25) is 0 Å².